The van der Waals surface area contributed by atoms with Crippen molar-refractivity contribution >= 4 is 59.7 Å². The highest BCUT2D eigenvalue weighted by Gasteiger charge is 2.42. The lowest BCUT2D eigenvalue weighted by Gasteiger charge is -2.30. The molecule has 2 aliphatic carbocycles. The third-order valence-electron chi connectivity index (χ3n) is 11.0. The number of aliphatic carboxylic acids is 1. The van der Waals surface area contributed by atoms with Crippen molar-refractivity contribution in [3.63, 3.8) is 0 Å². The number of carbonyl (C=O) groups is 4. The Labute approximate surface area is 358 Å². The first-order valence-corrected chi connectivity index (χ1v) is 22.7. The predicted octanol–water partition coefficient (Wildman–Crippen LogP) is 9.55. The van der Waals surface area contributed by atoms with E-state index in [1.807, 2.05) is 85.9 Å². The SMILES string of the molecule is C.COC(=O)C(Cc1ccc(C)cc1)NC(=O)C1(CCCCSC)CCCC1.COC(=O)C(N)Cc1ccc(C)cc1.CSCCCCC1(C(=O)O)CCCC1.Cl. The summed E-state index contributed by atoms with van der Waals surface area (Å²) in [6.07, 6.45) is 19.5. The molecule has 0 aliphatic heterocycles. The Hall–Kier alpha value is -2.73. The van der Waals surface area contributed by atoms with Crippen molar-refractivity contribution in [2.24, 2.45) is 16.6 Å². The van der Waals surface area contributed by atoms with Gasteiger partial charge in [-0.15, -0.1) is 12.4 Å². The summed E-state index contributed by atoms with van der Waals surface area (Å²) >= 11 is 3.69. The average Bonchev–Trinajstić information content (AvgIpc) is 3.88. The number of amides is 1. The van der Waals surface area contributed by atoms with E-state index in [9.17, 15) is 24.3 Å². The second-order valence-corrected chi connectivity index (χ2v) is 17.2. The van der Waals surface area contributed by atoms with E-state index in [0.717, 1.165) is 113 Å². The Bertz CT molecular complexity index is 1430. The second-order valence-electron chi connectivity index (χ2n) is 15.2. The summed E-state index contributed by atoms with van der Waals surface area (Å²) in [5.41, 5.74) is 9.41. The molecule has 1 amide bonds. The number of carboxylic acid groups (broad SMARTS) is 1. The molecule has 4 N–H and O–H groups in total. The Morgan fingerprint density at radius 2 is 1.11 bits per heavy atom. The maximum atomic E-state index is 13.2. The number of hydrogen-bond acceptors (Lipinski definition) is 9. The van der Waals surface area contributed by atoms with Crippen LogP contribution in [-0.2, 0) is 41.5 Å². The van der Waals surface area contributed by atoms with Crippen molar-refractivity contribution in [3.8, 4) is 0 Å². The number of thioether (sulfide) groups is 2. The van der Waals surface area contributed by atoms with Gasteiger partial charge in [-0.2, -0.15) is 23.5 Å². The number of carbonyl (C=O) groups excluding carboxylic acids is 3. The van der Waals surface area contributed by atoms with Crippen molar-refractivity contribution in [2.75, 3.05) is 38.2 Å². The molecule has 0 spiro atoms. The van der Waals surface area contributed by atoms with Gasteiger partial charge in [-0.25, -0.2) is 4.79 Å². The largest absolute Gasteiger partial charge is 0.481 e. The van der Waals surface area contributed by atoms with Crippen LogP contribution in [0.3, 0.4) is 0 Å². The lowest BCUT2D eigenvalue weighted by atomic mass is 9.80. The number of carboxylic acids is 1. The number of benzene rings is 2. The molecule has 324 valence electrons. The van der Waals surface area contributed by atoms with Gasteiger partial charge in [-0.1, -0.05) is 106 Å². The first-order valence-electron chi connectivity index (χ1n) is 19.9. The number of ether oxygens (including phenoxy) is 2. The van der Waals surface area contributed by atoms with Gasteiger partial charge in [0.05, 0.1) is 19.6 Å². The van der Waals surface area contributed by atoms with Crippen molar-refractivity contribution in [2.45, 2.75) is 136 Å². The summed E-state index contributed by atoms with van der Waals surface area (Å²) in [4.78, 5) is 47.7. The highest BCUT2D eigenvalue weighted by atomic mass is 35.5. The summed E-state index contributed by atoms with van der Waals surface area (Å²) in [5.74, 6) is 1.03. The molecule has 2 saturated carbocycles. The smallest absolute Gasteiger partial charge is 0.328 e. The summed E-state index contributed by atoms with van der Waals surface area (Å²) < 4.78 is 9.51. The van der Waals surface area contributed by atoms with Crippen LogP contribution in [0, 0.1) is 24.7 Å². The van der Waals surface area contributed by atoms with Gasteiger partial charge < -0.3 is 25.6 Å². The average molecular weight is 854 g/mol. The molecule has 4 rings (SSSR count). The number of hydrogen-bond donors (Lipinski definition) is 3. The molecule has 9 nitrogen and oxygen atoms in total. The number of unbranched alkanes of at least 4 members (excludes halogenated alkanes) is 2. The van der Waals surface area contributed by atoms with E-state index in [1.54, 1.807) is 0 Å². The highest BCUT2D eigenvalue weighted by Crippen LogP contribution is 2.43. The summed E-state index contributed by atoms with van der Waals surface area (Å²) in [7, 11) is 2.72. The molecule has 2 aromatic carbocycles. The van der Waals surface area contributed by atoms with E-state index in [1.165, 1.54) is 25.3 Å². The molecule has 0 saturated heterocycles. The topological polar surface area (TPSA) is 145 Å². The number of esters is 2. The fourth-order valence-corrected chi connectivity index (χ4v) is 8.49. The summed E-state index contributed by atoms with van der Waals surface area (Å²) in [5, 5.41) is 12.3. The van der Waals surface area contributed by atoms with E-state index >= 15 is 0 Å². The van der Waals surface area contributed by atoms with Gasteiger partial charge in [0.1, 0.15) is 12.1 Å². The lowest BCUT2D eigenvalue weighted by Crippen LogP contribution is -2.49. The van der Waals surface area contributed by atoms with Crippen LogP contribution in [0.4, 0.5) is 0 Å². The maximum Gasteiger partial charge on any atom is 0.328 e. The van der Waals surface area contributed by atoms with Crippen LogP contribution in [0.25, 0.3) is 0 Å². The second kappa shape index (κ2) is 29.5. The minimum atomic E-state index is -0.631. The number of nitrogens with one attached hydrogen (secondary N) is 1. The summed E-state index contributed by atoms with van der Waals surface area (Å²) in [6, 6.07) is 14.8. The molecular formula is C45H73ClN2O7S2. The monoisotopic (exact) mass is 852 g/mol. The van der Waals surface area contributed by atoms with Crippen LogP contribution in [0.1, 0.15) is 120 Å². The number of rotatable bonds is 19. The molecule has 2 fully saturated rings. The van der Waals surface area contributed by atoms with Gasteiger partial charge in [0.25, 0.3) is 0 Å². The van der Waals surface area contributed by atoms with E-state index in [2.05, 4.69) is 22.6 Å². The highest BCUT2D eigenvalue weighted by molar-refractivity contribution is 7.98. The third-order valence-corrected chi connectivity index (χ3v) is 12.4. The first kappa shape index (κ1) is 54.3. The Morgan fingerprint density at radius 1 is 0.702 bits per heavy atom. The number of nitrogens with two attached hydrogens (primary N) is 1. The number of halogens is 1. The molecule has 12 heteroatoms. The third kappa shape index (κ3) is 19.3. The molecule has 57 heavy (non-hydrogen) atoms. The van der Waals surface area contributed by atoms with Crippen LogP contribution in [0.5, 0.6) is 0 Å². The minimum absolute atomic E-state index is 0. The van der Waals surface area contributed by atoms with E-state index < -0.39 is 18.1 Å². The van der Waals surface area contributed by atoms with Crippen molar-refractivity contribution < 1.29 is 33.8 Å². The molecule has 0 aromatic heterocycles. The maximum absolute atomic E-state index is 13.2. The Morgan fingerprint density at radius 3 is 1.51 bits per heavy atom. The Kier molecular flexibility index (Phi) is 28.1. The zero-order chi connectivity index (χ0) is 40.7. The fourth-order valence-electron chi connectivity index (χ4n) is 7.50. The number of aryl methyl sites for hydroxylation is 2. The Balaban J connectivity index is 0.000000887. The van der Waals surface area contributed by atoms with Gasteiger partial charge in [0.2, 0.25) is 5.91 Å². The quantitative estimate of drug-likeness (QED) is 0.0923. The number of methoxy groups -OCH3 is 2. The lowest BCUT2D eigenvalue weighted by molar-refractivity contribution is -0.149. The van der Waals surface area contributed by atoms with Gasteiger partial charge in [0.15, 0.2) is 0 Å². The van der Waals surface area contributed by atoms with Crippen LogP contribution < -0.4 is 11.1 Å². The van der Waals surface area contributed by atoms with E-state index in [4.69, 9.17) is 10.5 Å². The van der Waals surface area contributed by atoms with Crippen LogP contribution >= 0.6 is 35.9 Å². The van der Waals surface area contributed by atoms with Crippen LogP contribution in [0.2, 0.25) is 0 Å². The fraction of sp³-hybridized carbons (Fsp3) is 0.644. The molecule has 0 heterocycles. The molecule has 2 aliphatic rings. The molecule has 2 aromatic rings. The summed E-state index contributed by atoms with van der Waals surface area (Å²) in [6.45, 7) is 4.05. The standard InChI is InChI=1S/C22H33NO3S.C11H15NO2.C11H20O2S.CH4.ClH/c1-17-8-10-18(11-9-17)16-19(20(24)26-2)23-21(25)22(12-4-5-13-22)14-6-7-15-27-3;1-8-3-5-9(6-4-8)7-10(12)11(13)14-2;1-14-9-5-4-8-11(10(12)13)6-2-3-7-11;;/h8-11,19H,4-7,12-16H2,1-3H3,(H,23,25);3-6,10H,7,12H2,1-2H3;2-9H2,1H3,(H,12,13);1H4;1H. The van der Waals surface area contributed by atoms with Crippen molar-refractivity contribution in [1.29, 1.82) is 0 Å². The predicted molar refractivity (Wildman–Crippen MR) is 242 cm³/mol. The van der Waals surface area contributed by atoms with Crippen LogP contribution in [0.15, 0.2) is 48.5 Å². The van der Waals surface area contributed by atoms with E-state index in [0.29, 0.717) is 12.8 Å². The van der Waals surface area contributed by atoms with Crippen molar-refractivity contribution in [1.82, 2.24) is 5.32 Å². The minimum Gasteiger partial charge on any atom is -0.481 e. The van der Waals surface area contributed by atoms with Gasteiger partial charge >= 0.3 is 17.9 Å². The molecular weight excluding hydrogens is 780 g/mol. The van der Waals surface area contributed by atoms with Crippen molar-refractivity contribution in [3.05, 3.63) is 70.8 Å². The van der Waals surface area contributed by atoms with Crippen LogP contribution in [-0.4, -0.2) is 79.2 Å². The first-order chi connectivity index (χ1) is 26.3. The molecule has 2 atom stereocenters. The zero-order valence-electron chi connectivity index (χ0n) is 34.7. The molecule has 2 unspecified atom stereocenters. The normalized spacial score (nSPS) is 15.8. The van der Waals surface area contributed by atoms with Gasteiger partial charge in [-0.3, -0.25) is 14.4 Å². The molecule has 0 radical (unpaired) electrons. The molecule has 0 bridgehead atoms. The van der Waals surface area contributed by atoms with Gasteiger partial charge in [0, 0.05) is 11.8 Å². The van der Waals surface area contributed by atoms with Gasteiger partial charge in [-0.05, 0) is 107 Å². The van der Waals surface area contributed by atoms with E-state index in [-0.39, 0.29) is 48.5 Å². The zero-order valence-corrected chi connectivity index (χ0v) is 37.1.